The van der Waals surface area contributed by atoms with Crippen LogP contribution in [0.3, 0.4) is 0 Å². The molecule has 2 heteroatoms. The van der Waals surface area contributed by atoms with Gasteiger partial charge in [-0.3, -0.25) is 4.79 Å². The molecular weight excluding hydrogens is 198 g/mol. The van der Waals surface area contributed by atoms with E-state index in [1.807, 2.05) is 0 Å². The standard InChI is InChI=1S/C14H27NO/c1-13(2)9-5-3-7-11-15-12-8-4-6-10-14(15)16/h13H,3-12H2,1-2H3. The molecule has 0 aromatic heterocycles. The van der Waals surface area contributed by atoms with Crippen molar-refractivity contribution in [2.24, 2.45) is 5.92 Å². The first kappa shape index (κ1) is 13.5. The minimum absolute atomic E-state index is 0.390. The van der Waals surface area contributed by atoms with Gasteiger partial charge in [-0.25, -0.2) is 0 Å². The van der Waals surface area contributed by atoms with Gasteiger partial charge in [-0.15, -0.1) is 0 Å². The quantitative estimate of drug-likeness (QED) is 0.632. The van der Waals surface area contributed by atoms with Crippen LogP contribution in [0.4, 0.5) is 0 Å². The van der Waals surface area contributed by atoms with E-state index in [0.29, 0.717) is 5.91 Å². The fraction of sp³-hybridized carbons (Fsp3) is 0.929. The van der Waals surface area contributed by atoms with Gasteiger partial charge in [-0.2, -0.15) is 0 Å². The summed E-state index contributed by atoms with van der Waals surface area (Å²) in [7, 11) is 0. The van der Waals surface area contributed by atoms with Crippen LogP contribution in [-0.2, 0) is 4.79 Å². The number of hydrogen-bond acceptors (Lipinski definition) is 1. The van der Waals surface area contributed by atoms with Crippen molar-refractivity contribution in [3.05, 3.63) is 0 Å². The maximum Gasteiger partial charge on any atom is 0.222 e. The molecule has 1 amide bonds. The summed E-state index contributed by atoms with van der Waals surface area (Å²) in [5, 5.41) is 0. The van der Waals surface area contributed by atoms with Gasteiger partial charge in [0, 0.05) is 19.5 Å². The summed E-state index contributed by atoms with van der Waals surface area (Å²) >= 11 is 0. The van der Waals surface area contributed by atoms with E-state index < -0.39 is 0 Å². The molecule has 1 heterocycles. The van der Waals surface area contributed by atoms with Crippen molar-refractivity contribution in [2.45, 2.75) is 65.2 Å². The Hall–Kier alpha value is -0.530. The maximum absolute atomic E-state index is 11.7. The summed E-state index contributed by atoms with van der Waals surface area (Å²) in [6.45, 7) is 6.55. The summed E-state index contributed by atoms with van der Waals surface area (Å²) in [4.78, 5) is 13.8. The van der Waals surface area contributed by atoms with E-state index >= 15 is 0 Å². The summed E-state index contributed by atoms with van der Waals surface area (Å²) in [5.41, 5.74) is 0. The number of nitrogens with zero attached hydrogens (tertiary/aromatic N) is 1. The van der Waals surface area contributed by atoms with Crippen molar-refractivity contribution in [2.75, 3.05) is 13.1 Å². The predicted octanol–water partition coefficient (Wildman–Crippen LogP) is 3.61. The van der Waals surface area contributed by atoms with E-state index in [-0.39, 0.29) is 0 Å². The van der Waals surface area contributed by atoms with Crippen molar-refractivity contribution in [3.8, 4) is 0 Å². The number of unbranched alkanes of at least 4 members (excludes halogenated alkanes) is 2. The first-order valence-electron chi connectivity index (χ1n) is 6.98. The van der Waals surface area contributed by atoms with Crippen molar-refractivity contribution < 1.29 is 4.79 Å². The molecule has 94 valence electrons. The van der Waals surface area contributed by atoms with Crippen LogP contribution in [-0.4, -0.2) is 23.9 Å². The zero-order chi connectivity index (χ0) is 11.8. The van der Waals surface area contributed by atoms with E-state index in [1.54, 1.807) is 0 Å². The molecular formula is C14H27NO. The molecule has 0 aliphatic carbocycles. The third kappa shape index (κ3) is 5.53. The van der Waals surface area contributed by atoms with Gasteiger partial charge in [0.2, 0.25) is 5.91 Å². The van der Waals surface area contributed by atoms with Gasteiger partial charge in [0.1, 0.15) is 0 Å². The Morgan fingerprint density at radius 2 is 1.94 bits per heavy atom. The Morgan fingerprint density at radius 3 is 2.69 bits per heavy atom. The number of carbonyl (C=O) groups excluding carboxylic acids is 1. The summed E-state index contributed by atoms with van der Waals surface area (Å²) in [5.74, 6) is 1.21. The largest absolute Gasteiger partial charge is 0.343 e. The first-order valence-corrected chi connectivity index (χ1v) is 6.98. The Balaban J connectivity index is 2.08. The molecule has 0 aromatic rings. The number of carbonyl (C=O) groups is 1. The van der Waals surface area contributed by atoms with E-state index in [4.69, 9.17) is 0 Å². The molecule has 0 bridgehead atoms. The number of amides is 1. The molecule has 0 aromatic carbocycles. The van der Waals surface area contributed by atoms with Gasteiger partial charge < -0.3 is 4.90 Å². The highest BCUT2D eigenvalue weighted by Gasteiger charge is 2.15. The van der Waals surface area contributed by atoms with E-state index in [9.17, 15) is 4.79 Å². The Morgan fingerprint density at radius 1 is 1.12 bits per heavy atom. The van der Waals surface area contributed by atoms with Gasteiger partial charge in [-0.1, -0.05) is 39.5 Å². The van der Waals surface area contributed by atoms with E-state index in [2.05, 4.69) is 18.7 Å². The first-order chi connectivity index (χ1) is 7.70. The Kier molecular flexibility index (Phi) is 6.51. The number of hydrogen-bond donors (Lipinski definition) is 0. The Bertz CT molecular complexity index is 201. The topological polar surface area (TPSA) is 20.3 Å². The van der Waals surface area contributed by atoms with Crippen molar-refractivity contribution >= 4 is 5.91 Å². The van der Waals surface area contributed by atoms with E-state index in [1.165, 1.54) is 38.5 Å². The highest BCUT2D eigenvalue weighted by atomic mass is 16.2. The SMILES string of the molecule is CC(C)CCCCCN1CCCCCC1=O. The van der Waals surface area contributed by atoms with Crippen LogP contribution in [0, 0.1) is 5.92 Å². The van der Waals surface area contributed by atoms with Gasteiger partial charge >= 0.3 is 0 Å². The second-order valence-electron chi connectivity index (χ2n) is 5.43. The minimum Gasteiger partial charge on any atom is -0.343 e. The molecule has 16 heavy (non-hydrogen) atoms. The van der Waals surface area contributed by atoms with Crippen LogP contribution in [0.25, 0.3) is 0 Å². The lowest BCUT2D eigenvalue weighted by atomic mass is 10.1. The molecule has 1 fully saturated rings. The molecule has 0 N–H and O–H groups in total. The molecule has 0 atom stereocenters. The molecule has 1 aliphatic heterocycles. The summed E-state index contributed by atoms with van der Waals surface area (Å²) in [6, 6.07) is 0. The number of likely N-dealkylation sites (tertiary alicyclic amines) is 1. The summed E-state index contributed by atoms with van der Waals surface area (Å²) in [6.07, 6.45) is 9.44. The second kappa shape index (κ2) is 7.70. The molecule has 1 saturated heterocycles. The van der Waals surface area contributed by atoms with Crippen molar-refractivity contribution in [3.63, 3.8) is 0 Å². The fourth-order valence-electron chi connectivity index (χ4n) is 2.31. The molecule has 0 radical (unpaired) electrons. The lowest BCUT2D eigenvalue weighted by Crippen LogP contribution is -2.31. The van der Waals surface area contributed by atoms with Crippen molar-refractivity contribution in [1.29, 1.82) is 0 Å². The van der Waals surface area contributed by atoms with Crippen LogP contribution in [0.2, 0.25) is 0 Å². The molecule has 0 saturated carbocycles. The fourth-order valence-corrected chi connectivity index (χ4v) is 2.31. The van der Waals surface area contributed by atoms with Crippen LogP contribution < -0.4 is 0 Å². The highest BCUT2D eigenvalue weighted by Crippen LogP contribution is 2.13. The molecule has 1 aliphatic rings. The van der Waals surface area contributed by atoms with Gasteiger partial charge in [0.25, 0.3) is 0 Å². The van der Waals surface area contributed by atoms with Gasteiger partial charge in [0.05, 0.1) is 0 Å². The lowest BCUT2D eigenvalue weighted by Gasteiger charge is -2.20. The number of rotatable bonds is 6. The van der Waals surface area contributed by atoms with Crippen LogP contribution in [0.5, 0.6) is 0 Å². The average Bonchev–Trinajstić information content (AvgIpc) is 2.43. The third-order valence-corrected chi connectivity index (χ3v) is 3.38. The normalized spacial score (nSPS) is 17.9. The zero-order valence-electron chi connectivity index (χ0n) is 11.0. The molecule has 2 nitrogen and oxygen atoms in total. The van der Waals surface area contributed by atoms with Gasteiger partial charge in [0.15, 0.2) is 0 Å². The van der Waals surface area contributed by atoms with Gasteiger partial charge in [-0.05, 0) is 25.2 Å². The zero-order valence-corrected chi connectivity index (χ0v) is 11.0. The Labute approximate surface area is 100 Å². The molecule has 0 unspecified atom stereocenters. The average molecular weight is 225 g/mol. The predicted molar refractivity (Wildman–Crippen MR) is 68.4 cm³/mol. The molecule has 1 rings (SSSR count). The monoisotopic (exact) mass is 225 g/mol. The third-order valence-electron chi connectivity index (χ3n) is 3.38. The van der Waals surface area contributed by atoms with E-state index in [0.717, 1.165) is 31.8 Å². The van der Waals surface area contributed by atoms with Crippen molar-refractivity contribution in [1.82, 2.24) is 4.90 Å². The van der Waals surface area contributed by atoms with Crippen LogP contribution in [0.15, 0.2) is 0 Å². The van der Waals surface area contributed by atoms with Crippen LogP contribution >= 0.6 is 0 Å². The maximum atomic E-state index is 11.7. The smallest absolute Gasteiger partial charge is 0.222 e. The van der Waals surface area contributed by atoms with Crippen LogP contribution in [0.1, 0.15) is 65.2 Å². The second-order valence-corrected chi connectivity index (χ2v) is 5.43. The molecule has 0 spiro atoms. The summed E-state index contributed by atoms with van der Waals surface area (Å²) < 4.78 is 0. The highest BCUT2D eigenvalue weighted by molar-refractivity contribution is 5.76. The lowest BCUT2D eigenvalue weighted by molar-refractivity contribution is -0.130. The minimum atomic E-state index is 0.390.